The van der Waals surface area contributed by atoms with Crippen LogP contribution in [-0.2, 0) is 4.79 Å². The molecule has 0 spiro atoms. The fourth-order valence-corrected chi connectivity index (χ4v) is 1.05. The van der Waals surface area contributed by atoms with Crippen LogP contribution in [0, 0.1) is 10.1 Å². The number of carboxylic acids is 1. The molecular formula is C8H10N4O5. The molecule has 17 heavy (non-hydrogen) atoms. The first-order valence-corrected chi connectivity index (χ1v) is 4.50. The molecule has 0 fully saturated rings. The van der Waals surface area contributed by atoms with Gasteiger partial charge in [-0.3, -0.25) is 14.9 Å². The first kappa shape index (κ1) is 12.6. The molecule has 1 heterocycles. The standard InChI is InChI=1S/C8H10N4O5/c1-4(8(13)14)11-6-5(12(15)16)7(17-2)10-3-9-6/h3-4H,1-2H3,(H,13,14)(H,9,10,11). The van der Waals surface area contributed by atoms with Crippen molar-refractivity contribution in [1.29, 1.82) is 0 Å². The number of hydrogen-bond donors (Lipinski definition) is 2. The quantitative estimate of drug-likeness (QED) is 0.556. The first-order chi connectivity index (χ1) is 7.97. The van der Waals surface area contributed by atoms with Crippen LogP contribution >= 0.6 is 0 Å². The molecule has 0 amide bonds. The zero-order chi connectivity index (χ0) is 13.0. The Morgan fingerprint density at radius 1 is 1.65 bits per heavy atom. The molecule has 1 unspecified atom stereocenters. The van der Waals surface area contributed by atoms with Gasteiger partial charge in [-0.15, -0.1) is 0 Å². The topological polar surface area (TPSA) is 127 Å². The minimum Gasteiger partial charge on any atom is -0.480 e. The van der Waals surface area contributed by atoms with Crippen LogP contribution in [-0.4, -0.2) is 39.1 Å². The van der Waals surface area contributed by atoms with Gasteiger partial charge in [0, 0.05) is 0 Å². The molecule has 9 heteroatoms. The number of nitrogens with zero attached hydrogens (tertiary/aromatic N) is 3. The second kappa shape index (κ2) is 5.05. The van der Waals surface area contributed by atoms with Crippen molar-refractivity contribution < 1.29 is 19.6 Å². The third-order valence-corrected chi connectivity index (χ3v) is 1.89. The van der Waals surface area contributed by atoms with Crippen LogP contribution in [0.25, 0.3) is 0 Å². The van der Waals surface area contributed by atoms with Crippen molar-refractivity contribution in [3.05, 3.63) is 16.4 Å². The summed E-state index contributed by atoms with van der Waals surface area (Å²) in [6.45, 7) is 1.33. The highest BCUT2D eigenvalue weighted by molar-refractivity contribution is 5.78. The molecule has 0 aliphatic rings. The third-order valence-electron chi connectivity index (χ3n) is 1.89. The van der Waals surface area contributed by atoms with E-state index in [4.69, 9.17) is 9.84 Å². The summed E-state index contributed by atoms with van der Waals surface area (Å²) in [5.74, 6) is -1.58. The van der Waals surface area contributed by atoms with E-state index in [0.29, 0.717) is 0 Å². The van der Waals surface area contributed by atoms with Crippen LogP contribution in [0.1, 0.15) is 6.92 Å². The SMILES string of the molecule is COc1ncnc(NC(C)C(=O)O)c1[N+](=O)[O-]. The van der Waals surface area contributed by atoms with Crippen LogP contribution in [0.5, 0.6) is 5.88 Å². The summed E-state index contributed by atoms with van der Waals surface area (Å²) in [7, 11) is 1.22. The summed E-state index contributed by atoms with van der Waals surface area (Å²) >= 11 is 0. The Kier molecular flexibility index (Phi) is 3.75. The van der Waals surface area contributed by atoms with Crippen molar-refractivity contribution in [2.45, 2.75) is 13.0 Å². The number of hydrogen-bond acceptors (Lipinski definition) is 7. The van der Waals surface area contributed by atoms with Gasteiger partial charge in [0.2, 0.25) is 5.82 Å². The molecule has 0 saturated carbocycles. The van der Waals surface area contributed by atoms with E-state index in [1.165, 1.54) is 14.0 Å². The second-order valence-electron chi connectivity index (χ2n) is 3.04. The molecule has 0 aliphatic heterocycles. The van der Waals surface area contributed by atoms with Gasteiger partial charge in [-0.1, -0.05) is 0 Å². The van der Waals surface area contributed by atoms with E-state index in [2.05, 4.69) is 15.3 Å². The smallest absolute Gasteiger partial charge is 0.372 e. The molecule has 0 saturated heterocycles. The van der Waals surface area contributed by atoms with Gasteiger partial charge in [0.05, 0.1) is 12.0 Å². The highest BCUT2D eigenvalue weighted by Crippen LogP contribution is 2.30. The van der Waals surface area contributed by atoms with Gasteiger partial charge in [0.25, 0.3) is 5.88 Å². The summed E-state index contributed by atoms with van der Waals surface area (Å²) in [6.07, 6.45) is 1.04. The Labute approximate surface area is 95.6 Å². The van der Waals surface area contributed by atoms with Crippen molar-refractivity contribution in [2.24, 2.45) is 0 Å². The van der Waals surface area contributed by atoms with Crippen molar-refractivity contribution in [1.82, 2.24) is 9.97 Å². The highest BCUT2D eigenvalue weighted by Gasteiger charge is 2.26. The average Bonchev–Trinajstić information content (AvgIpc) is 2.27. The Balaban J connectivity index is 3.14. The Morgan fingerprint density at radius 2 is 2.29 bits per heavy atom. The molecule has 0 radical (unpaired) electrons. The summed E-state index contributed by atoms with van der Waals surface area (Å²) in [4.78, 5) is 27.9. The molecule has 1 aromatic rings. The average molecular weight is 242 g/mol. The molecule has 0 aromatic carbocycles. The Morgan fingerprint density at radius 3 is 2.76 bits per heavy atom. The molecule has 9 nitrogen and oxygen atoms in total. The molecule has 1 atom stereocenters. The lowest BCUT2D eigenvalue weighted by atomic mass is 10.3. The molecular weight excluding hydrogens is 232 g/mol. The lowest BCUT2D eigenvalue weighted by Gasteiger charge is -2.10. The number of rotatable bonds is 5. The Bertz CT molecular complexity index is 450. The molecule has 2 N–H and O–H groups in total. The largest absolute Gasteiger partial charge is 0.480 e. The van der Waals surface area contributed by atoms with Crippen LogP contribution in [0.15, 0.2) is 6.33 Å². The maximum absolute atomic E-state index is 10.8. The number of ether oxygens (including phenoxy) is 1. The maximum Gasteiger partial charge on any atom is 0.372 e. The third kappa shape index (κ3) is 2.77. The van der Waals surface area contributed by atoms with Crippen molar-refractivity contribution in [3.63, 3.8) is 0 Å². The van der Waals surface area contributed by atoms with Gasteiger partial charge >= 0.3 is 11.7 Å². The van der Waals surface area contributed by atoms with Crippen LogP contribution in [0.4, 0.5) is 11.5 Å². The number of nitrogens with one attached hydrogen (secondary N) is 1. The first-order valence-electron chi connectivity index (χ1n) is 4.50. The van der Waals surface area contributed by atoms with Crippen molar-refractivity contribution >= 4 is 17.5 Å². The van der Waals surface area contributed by atoms with Gasteiger partial charge in [-0.2, -0.15) is 4.98 Å². The van der Waals surface area contributed by atoms with Crippen molar-refractivity contribution in [3.8, 4) is 5.88 Å². The number of methoxy groups -OCH3 is 1. The predicted molar refractivity (Wildman–Crippen MR) is 56.0 cm³/mol. The van der Waals surface area contributed by atoms with Crippen LogP contribution < -0.4 is 10.1 Å². The highest BCUT2D eigenvalue weighted by atomic mass is 16.6. The van der Waals surface area contributed by atoms with E-state index >= 15 is 0 Å². The number of carboxylic acid groups (broad SMARTS) is 1. The zero-order valence-electron chi connectivity index (χ0n) is 9.08. The summed E-state index contributed by atoms with van der Waals surface area (Å²) in [5.41, 5.74) is -0.497. The maximum atomic E-state index is 10.8. The van der Waals surface area contributed by atoms with Gasteiger partial charge in [0.15, 0.2) is 0 Å². The van der Waals surface area contributed by atoms with E-state index in [9.17, 15) is 14.9 Å². The fraction of sp³-hybridized carbons (Fsp3) is 0.375. The Hall–Kier alpha value is -2.45. The summed E-state index contributed by atoms with van der Waals surface area (Å²) < 4.78 is 4.71. The van der Waals surface area contributed by atoms with Crippen LogP contribution in [0.2, 0.25) is 0 Å². The second-order valence-corrected chi connectivity index (χ2v) is 3.04. The van der Waals surface area contributed by atoms with E-state index < -0.39 is 22.6 Å². The number of nitro groups is 1. The number of anilines is 1. The van der Waals surface area contributed by atoms with Gasteiger partial charge in [-0.05, 0) is 6.92 Å². The van der Waals surface area contributed by atoms with Gasteiger partial charge in [-0.25, -0.2) is 4.98 Å². The monoisotopic (exact) mass is 242 g/mol. The number of aromatic nitrogens is 2. The number of aliphatic carboxylic acids is 1. The minimum absolute atomic E-state index is 0.197. The number of carbonyl (C=O) groups is 1. The lowest BCUT2D eigenvalue weighted by Crippen LogP contribution is -2.26. The van der Waals surface area contributed by atoms with E-state index in [1.54, 1.807) is 0 Å². The minimum atomic E-state index is -1.16. The normalized spacial score (nSPS) is 11.6. The molecule has 0 aliphatic carbocycles. The van der Waals surface area contributed by atoms with Gasteiger partial charge < -0.3 is 15.2 Å². The summed E-state index contributed by atoms with van der Waals surface area (Å²) in [6, 6.07) is -1.02. The van der Waals surface area contributed by atoms with E-state index in [0.717, 1.165) is 6.33 Å². The summed E-state index contributed by atoms with van der Waals surface area (Å²) in [5, 5.41) is 21.9. The van der Waals surface area contributed by atoms with E-state index in [-0.39, 0.29) is 11.7 Å². The van der Waals surface area contributed by atoms with Gasteiger partial charge in [0.1, 0.15) is 12.4 Å². The molecule has 1 rings (SSSR count). The fourth-order valence-electron chi connectivity index (χ4n) is 1.05. The predicted octanol–water partition coefficient (Wildman–Crippen LogP) is 0.278. The van der Waals surface area contributed by atoms with Crippen LogP contribution in [0.3, 0.4) is 0 Å². The molecule has 92 valence electrons. The molecule has 0 bridgehead atoms. The molecule has 1 aromatic heterocycles. The van der Waals surface area contributed by atoms with E-state index in [1.807, 2.05) is 0 Å². The zero-order valence-corrected chi connectivity index (χ0v) is 9.08. The lowest BCUT2D eigenvalue weighted by molar-refractivity contribution is -0.385. The van der Waals surface area contributed by atoms with Crippen molar-refractivity contribution in [2.75, 3.05) is 12.4 Å².